The van der Waals surface area contributed by atoms with Gasteiger partial charge in [0.25, 0.3) is 0 Å². The lowest BCUT2D eigenvalue weighted by Crippen LogP contribution is -2.49. The summed E-state index contributed by atoms with van der Waals surface area (Å²) in [4.78, 5) is 26.2. The summed E-state index contributed by atoms with van der Waals surface area (Å²) in [5.74, 6) is -3.68. The molecule has 0 heterocycles. The van der Waals surface area contributed by atoms with E-state index in [9.17, 15) is 19.1 Å². The minimum absolute atomic E-state index is 0.00276. The SMILES string of the molecule is CCOC(=O)C1=C(Nc2ccccc2)CC(C)(O)C(C(=O)OCC)C1c1ccc(F)cc1. The first-order valence-corrected chi connectivity index (χ1v) is 10.6. The average Bonchev–Trinajstić information content (AvgIpc) is 2.74. The topological polar surface area (TPSA) is 84.9 Å². The van der Waals surface area contributed by atoms with Gasteiger partial charge in [0.05, 0.1) is 30.3 Å². The lowest BCUT2D eigenvalue weighted by molar-refractivity contribution is -0.159. The number of carbonyl (C=O) groups excluding carboxylic acids is 2. The number of rotatable bonds is 7. The van der Waals surface area contributed by atoms with Crippen molar-refractivity contribution < 1.29 is 28.6 Å². The van der Waals surface area contributed by atoms with Gasteiger partial charge in [0.1, 0.15) is 5.82 Å². The molecular weight excluding hydrogens is 413 g/mol. The predicted octanol–water partition coefficient (Wildman–Crippen LogP) is 4.17. The zero-order valence-electron chi connectivity index (χ0n) is 18.4. The molecule has 0 bridgehead atoms. The number of carbonyl (C=O) groups is 2. The molecule has 1 aliphatic rings. The summed E-state index contributed by atoms with van der Waals surface area (Å²) in [7, 11) is 0. The van der Waals surface area contributed by atoms with Gasteiger partial charge < -0.3 is 19.9 Å². The monoisotopic (exact) mass is 441 g/mol. The van der Waals surface area contributed by atoms with E-state index in [0.29, 0.717) is 16.9 Å². The molecule has 3 atom stereocenters. The third-order valence-corrected chi connectivity index (χ3v) is 5.51. The van der Waals surface area contributed by atoms with E-state index >= 15 is 0 Å². The highest BCUT2D eigenvalue weighted by molar-refractivity contribution is 5.94. The van der Waals surface area contributed by atoms with Gasteiger partial charge in [0.15, 0.2) is 0 Å². The van der Waals surface area contributed by atoms with Crippen molar-refractivity contribution in [1.82, 2.24) is 0 Å². The Morgan fingerprint density at radius 3 is 2.28 bits per heavy atom. The van der Waals surface area contributed by atoms with Crippen LogP contribution in [0.3, 0.4) is 0 Å². The standard InChI is InChI=1S/C25H28FNO5/c1-4-31-23(28)21-19(27-18-9-7-6-8-10-18)15-25(3,30)22(24(29)32-5-2)20(21)16-11-13-17(26)14-12-16/h6-14,20,22,27,30H,4-5,15H2,1-3H3. The second kappa shape index (κ2) is 9.96. The van der Waals surface area contributed by atoms with E-state index in [4.69, 9.17) is 9.47 Å². The fraction of sp³-hybridized carbons (Fsp3) is 0.360. The Balaban J connectivity index is 2.23. The third-order valence-electron chi connectivity index (χ3n) is 5.51. The Kier molecular flexibility index (Phi) is 7.30. The molecule has 0 saturated carbocycles. The fourth-order valence-electron chi connectivity index (χ4n) is 4.19. The molecular formula is C25H28FNO5. The summed E-state index contributed by atoms with van der Waals surface area (Å²) in [6, 6.07) is 14.7. The maximum Gasteiger partial charge on any atom is 0.336 e. The normalized spacial score (nSPS) is 22.9. The average molecular weight is 441 g/mol. The van der Waals surface area contributed by atoms with Crippen molar-refractivity contribution in [2.45, 2.75) is 38.7 Å². The molecule has 0 aromatic heterocycles. The summed E-state index contributed by atoms with van der Waals surface area (Å²) in [5.41, 5.74) is 0.326. The Bertz CT molecular complexity index is 985. The van der Waals surface area contributed by atoms with Gasteiger partial charge in [0, 0.05) is 23.7 Å². The van der Waals surface area contributed by atoms with Gasteiger partial charge in [-0.2, -0.15) is 0 Å². The third kappa shape index (κ3) is 4.99. The predicted molar refractivity (Wildman–Crippen MR) is 118 cm³/mol. The van der Waals surface area contributed by atoms with Crippen LogP contribution in [0, 0.1) is 11.7 Å². The van der Waals surface area contributed by atoms with E-state index in [1.165, 1.54) is 24.3 Å². The lowest BCUT2D eigenvalue weighted by atomic mass is 9.66. The highest BCUT2D eigenvalue weighted by atomic mass is 19.1. The number of hydrogen-bond acceptors (Lipinski definition) is 6. The van der Waals surface area contributed by atoms with Crippen LogP contribution in [-0.2, 0) is 19.1 Å². The van der Waals surface area contributed by atoms with Crippen molar-refractivity contribution in [2.75, 3.05) is 18.5 Å². The highest BCUT2D eigenvalue weighted by Gasteiger charge is 2.52. The van der Waals surface area contributed by atoms with Crippen LogP contribution < -0.4 is 5.32 Å². The molecule has 0 fully saturated rings. The maximum absolute atomic E-state index is 13.7. The molecule has 0 aliphatic heterocycles. The number of anilines is 1. The first-order valence-electron chi connectivity index (χ1n) is 10.6. The fourth-order valence-corrected chi connectivity index (χ4v) is 4.19. The van der Waals surface area contributed by atoms with E-state index in [-0.39, 0.29) is 25.2 Å². The van der Waals surface area contributed by atoms with Crippen LogP contribution >= 0.6 is 0 Å². The van der Waals surface area contributed by atoms with Crippen LogP contribution in [0.2, 0.25) is 0 Å². The summed E-state index contributed by atoms with van der Waals surface area (Å²) >= 11 is 0. The minimum Gasteiger partial charge on any atom is -0.466 e. The molecule has 7 heteroatoms. The van der Waals surface area contributed by atoms with Gasteiger partial charge in [-0.1, -0.05) is 30.3 Å². The van der Waals surface area contributed by atoms with Crippen molar-refractivity contribution >= 4 is 17.6 Å². The quantitative estimate of drug-likeness (QED) is 0.628. The zero-order valence-corrected chi connectivity index (χ0v) is 18.4. The molecule has 2 aromatic rings. The van der Waals surface area contributed by atoms with Crippen molar-refractivity contribution in [3.63, 3.8) is 0 Å². The molecule has 2 N–H and O–H groups in total. The largest absolute Gasteiger partial charge is 0.466 e. The number of halogens is 1. The van der Waals surface area contributed by atoms with Crippen molar-refractivity contribution in [3.8, 4) is 0 Å². The Hall–Kier alpha value is -3.19. The summed E-state index contributed by atoms with van der Waals surface area (Å²) < 4.78 is 24.3. The molecule has 0 radical (unpaired) electrons. The smallest absolute Gasteiger partial charge is 0.336 e. The number of aliphatic hydroxyl groups is 1. The van der Waals surface area contributed by atoms with Gasteiger partial charge in [-0.15, -0.1) is 0 Å². The van der Waals surface area contributed by atoms with Gasteiger partial charge in [-0.25, -0.2) is 9.18 Å². The molecule has 3 unspecified atom stereocenters. The van der Waals surface area contributed by atoms with Crippen LogP contribution in [0.15, 0.2) is 65.9 Å². The van der Waals surface area contributed by atoms with E-state index in [1.807, 2.05) is 30.3 Å². The van der Waals surface area contributed by atoms with Gasteiger partial charge in [-0.3, -0.25) is 4.79 Å². The first kappa shape index (κ1) is 23.5. The number of benzene rings is 2. The van der Waals surface area contributed by atoms with Gasteiger partial charge in [0.2, 0.25) is 0 Å². The second-order valence-corrected chi connectivity index (χ2v) is 7.90. The number of nitrogens with one attached hydrogen (secondary N) is 1. The second-order valence-electron chi connectivity index (χ2n) is 7.90. The molecule has 0 spiro atoms. The molecule has 3 rings (SSSR count). The van der Waals surface area contributed by atoms with Crippen LogP contribution in [0.5, 0.6) is 0 Å². The first-order chi connectivity index (χ1) is 15.3. The molecule has 1 aliphatic carbocycles. The van der Waals surface area contributed by atoms with Crippen molar-refractivity contribution in [2.24, 2.45) is 5.92 Å². The van der Waals surface area contributed by atoms with Crippen molar-refractivity contribution in [3.05, 3.63) is 77.2 Å². The lowest BCUT2D eigenvalue weighted by Gasteiger charge is -2.43. The number of hydrogen-bond donors (Lipinski definition) is 2. The Morgan fingerprint density at radius 1 is 1.06 bits per heavy atom. The van der Waals surface area contributed by atoms with E-state index in [1.54, 1.807) is 20.8 Å². The summed E-state index contributed by atoms with van der Waals surface area (Å²) in [5, 5.41) is 14.6. The molecule has 170 valence electrons. The zero-order chi connectivity index (χ0) is 23.3. The summed E-state index contributed by atoms with van der Waals surface area (Å²) in [6.45, 7) is 5.16. The molecule has 32 heavy (non-hydrogen) atoms. The van der Waals surface area contributed by atoms with Crippen molar-refractivity contribution in [1.29, 1.82) is 0 Å². The van der Waals surface area contributed by atoms with Crippen LogP contribution in [0.4, 0.5) is 10.1 Å². The molecule has 0 amide bonds. The molecule has 2 aromatic carbocycles. The van der Waals surface area contributed by atoms with Gasteiger partial charge in [-0.05, 0) is 50.6 Å². The molecule has 0 saturated heterocycles. The van der Waals surface area contributed by atoms with Crippen LogP contribution in [0.25, 0.3) is 0 Å². The van der Waals surface area contributed by atoms with Crippen LogP contribution in [0.1, 0.15) is 38.7 Å². The highest BCUT2D eigenvalue weighted by Crippen LogP contribution is 2.48. The Morgan fingerprint density at radius 2 is 1.69 bits per heavy atom. The molecule has 6 nitrogen and oxygen atoms in total. The van der Waals surface area contributed by atoms with Gasteiger partial charge >= 0.3 is 11.9 Å². The van der Waals surface area contributed by atoms with E-state index < -0.39 is 35.2 Å². The van der Waals surface area contributed by atoms with Crippen LogP contribution in [-0.4, -0.2) is 35.9 Å². The number of esters is 2. The van der Waals surface area contributed by atoms with E-state index in [0.717, 1.165) is 0 Å². The van der Waals surface area contributed by atoms with E-state index in [2.05, 4.69) is 5.32 Å². The number of para-hydroxylation sites is 1. The Labute approximate surface area is 187 Å². The summed E-state index contributed by atoms with van der Waals surface area (Å²) in [6.07, 6.45) is -0.00276. The maximum atomic E-state index is 13.7. The minimum atomic E-state index is -1.54. The number of ether oxygens (including phenoxy) is 2.